The zero-order valence-corrected chi connectivity index (χ0v) is 38.3. The van der Waals surface area contributed by atoms with Gasteiger partial charge in [0, 0.05) is 59.4 Å². The van der Waals surface area contributed by atoms with Gasteiger partial charge >= 0.3 is 8.80 Å². The number of hydrogen-bond acceptors (Lipinski definition) is 6. The predicted octanol–water partition coefficient (Wildman–Crippen LogP) is 11.3. The standard InChI is InChI=1S/C49H75N3O3Si/c1-44(2)29-41(30-45(3,4)50(44)35-38-23-17-14-18-24-38)53-56(13,54-42-31-46(5,6)51(47(7,8)32-42)36-39-25-19-15-20-26-39)55-43-33-48(9,10)52(49(11,12)34-43)37-40-27-21-16-22-28-40/h14-28,41-43H,29-37H2,1-13H3. The van der Waals surface area contributed by atoms with E-state index in [-0.39, 0.29) is 51.5 Å². The number of piperidine rings is 3. The number of nitrogens with zero attached hydrogens (tertiary/aromatic N) is 3. The number of hydrogen-bond donors (Lipinski definition) is 0. The van der Waals surface area contributed by atoms with Gasteiger partial charge in [-0.05, 0) is 138 Å². The first-order valence-corrected chi connectivity index (χ1v) is 23.7. The summed E-state index contributed by atoms with van der Waals surface area (Å²) in [6, 6.07) is 32.8. The van der Waals surface area contributed by atoms with E-state index in [2.05, 4.69) is 195 Å². The summed E-state index contributed by atoms with van der Waals surface area (Å²) >= 11 is 0. The van der Waals surface area contributed by atoms with Crippen LogP contribution in [-0.2, 0) is 32.9 Å². The van der Waals surface area contributed by atoms with Crippen molar-refractivity contribution in [1.29, 1.82) is 0 Å². The average molecular weight is 782 g/mol. The normalized spacial score (nSPS) is 24.6. The highest BCUT2D eigenvalue weighted by molar-refractivity contribution is 6.59. The van der Waals surface area contributed by atoms with Gasteiger partial charge < -0.3 is 13.3 Å². The molecule has 0 N–H and O–H groups in total. The summed E-state index contributed by atoms with van der Waals surface area (Å²) in [5.41, 5.74) is 3.63. The van der Waals surface area contributed by atoms with Crippen LogP contribution < -0.4 is 0 Å². The van der Waals surface area contributed by atoms with E-state index in [0.29, 0.717) is 0 Å². The lowest BCUT2D eigenvalue weighted by Gasteiger charge is -2.58. The molecule has 3 aromatic carbocycles. The highest BCUT2D eigenvalue weighted by Gasteiger charge is 2.55. The molecule has 0 radical (unpaired) electrons. The highest BCUT2D eigenvalue weighted by Crippen LogP contribution is 2.46. The zero-order chi connectivity index (χ0) is 40.8. The van der Waals surface area contributed by atoms with Gasteiger partial charge in [0.1, 0.15) is 0 Å². The van der Waals surface area contributed by atoms with Gasteiger partial charge in [-0.15, -0.1) is 0 Å². The fourth-order valence-electron chi connectivity index (χ4n) is 11.5. The molecule has 56 heavy (non-hydrogen) atoms. The summed E-state index contributed by atoms with van der Waals surface area (Å²) in [6.45, 7) is 33.8. The molecule has 3 aromatic rings. The fourth-order valence-corrected chi connectivity index (χ4v) is 14.0. The van der Waals surface area contributed by atoms with Crippen molar-refractivity contribution in [3.05, 3.63) is 108 Å². The molecule has 3 aliphatic rings. The first kappa shape index (κ1) is 43.2. The molecule has 0 bridgehead atoms. The monoisotopic (exact) mass is 782 g/mol. The molecule has 6 rings (SSSR count). The molecule has 0 saturated carbocycles. The summed E-state index contributed by atoms with van der Waals surface area (Å²) in [5.74, 6) is 0. The second-order valence-corrected chi connectivity index (χ2v) is 23.8. The van der Waals surface area contributed by atoms with Crippen LogP contribution >= 0.6 is 0 Å². The third-order valence-electron chi connectivity index (χ3n) is 13.4. The Morgan fingerprint density at radius 3 is 0.786 bits per heavy atom. The van der Waals surface area contributed by atoms with E-state index in [1.54, 1.807) is 0 Å². The molecule has 3 fully saturated rings. The minimum Gasteiger partial charge on any atom is -0.370 e. The van der Waals surface area contributed by atoms with Crippen molar-refractivity contribution in [3.8, 4) is 0 Å². The molecule has 308 valence electrons. The third-order valence-corrected chi connectivity index (χ3v) is 15.7. The molecule has 0 spiro atoms. The zero-order valence-electron chi connectivity index (χ0n) is 37.3. The van der Waals surface area contributed by atoms with Crippen LogP contribution in [0.1, 0.15) is 138 Å². The van der Waals surface area contributed by atoms with Crippen molar-refractivity contribution < 1.29 is 13.3 Å². The lowest BCUT2D eigenvalue weighted by atomic mass is 9.78. The van der Waals surface area contributed by atoms with Crippen molar-refractivity contribution in [2.75, 3.05) is 0 Å². The molecule has 6 nitrogen and oxygen atoms in total. The van der Waals surface area contributed by atoms with Gasteiger partial charge in [0.15, 0.2) is 0 Å². The summed E-state index contributed by atoms with van der Waals surface area (Å²) < 4.78 is 22.5. The second kappa shape index (κ2) is 16.0. The minimum atomic E-state index is -3.23. The summed E-state index contributed by atoms with van der Waals surface area (Å²) in [5, 5.41) is 0. The van der Waals surface area contributed by atoms with Crippen molar-refractivity contribution in [2.45, 2.75) is 199 Å². The molecule has 0 aliphatic carbocycles. The van der Waals surface area contributed by atoms with Crippen LogP contribution in [0.2, 0.25) is 6.55 Å². The van der Waals surface area contributed by atoms with E-state index in [4.69, 9.17) is 13.3 Å². The van der Waals surface area contributed by atoms with E-state index in [1.165, 1.54) is 16.7 Å². The average Bonchev–Trinajstić information content (AvgIpc) is 3.06. The van der Waals surface area contributed by atoms with Crippen molar-refractivity contribution >= 4 is 8.80 Å². The maximum Gasteiger partial charge on any atom is 0.498 e. The Balaban J connectivity index is 1.26. The van der Waals surface area contributed by atoms with Crippen LogP contribution in [0.15, 0.2) is 91.0 Å². The highest BCUT2D eigenvalue weighted by atomic mass is 28.4. The lowest BCUT2D eigenvalue weighted by Crippen LogP contribution is -2.66. The number of rotatable bonds is 12. The fraction of sp³-hybridized carbons (Fsp3) is 0.633. The van der Waals surface area contributed by atoms with Gasteiger partial charge in [0.25, 0.3) is 0 Å². The van der Waals surface area contributed by atoms with Gasteiger partial charge in [-0.25, -0.2) is 0 Å². The molecule has 0 amide bonds. The van der Waals surface area contributed by atoms with E-state index in [9.17, 15) is 0 Å². The van der Waals surface area contributed by atoms with Crippen LogP contribution in [0, 0.1) is 0 Å². The Bertz CT molecular complexity index is 1470. The molecular formula is C49H75N3O3Si. The Labute approximate surface area is 342 Å². The minimum absolute atomic E-state index is 0.0297. The van der Waals surface area contributed by atoms with E-state index in [0.717, 1.165) is 58.2 Å². The summed E-state index contributed by atoms with van der Waals surface area (Å²) in [4.78, 5) is 8.07. The van der Waals surface area contributed by atoms with Crippen LogP contribution in [0.25, 0.3) is 0 Å². The van der Waals surface area contributed by atoms with Gasteiger partial charge in [-0.1, -0.05) is 91.0 Å². The van der Waals surface area contributed by atoms with Crippen LogP contribution in [-0.4, -0.2) is 75.0 Å². The summed E-state index contributed by atoms with van der Waals surface area (Å²) in [7, 11) is -3.23. The molecule has 0 unspecified atom stereocenters. The van der Waals surface area contributed by atoms with Crippen LogP contribution in [0.4, 0.5) is 0 Å². The molecule has 0 aromatic heterocycles. The van der Waals surface area contributed by atoms with Crippen molar-refractivity contribution in [2.24, 2.45) is 0 Å². The van der Waals surface area contributed by atoms with Crippen LogP contribution in [0.5, 0.6) is 0 Å². The first-order chi connectivity index (χ1) is 26.0. The smallest absolute Gasteiger partial charge is 0.370 e. The lowest BCUT2D eigenvalue weighted by molar-refractivity contribution is -0.136. The van der Waals surface area contributed by atoms with E-state index < -0.39 is 8.80 Å². The molecule has 3 aliphatic heterocycles. The molecular weight excluding hydrogens is 707 g/mol. The Morgan fingerprint density at radius 1 is 0.393 bits per heavy atom. The van der Waals surface area contributed by atoms with Gasteiger partial charge in [-0.3, -0.25) is 14.7 Å². The van der Waals surface area contributed by atoms with Gasteiger partial charge in [-0.2, -0.15) is 0 Å². The molecule has 7 heteroatoms. The second-order valence-electron chi connectivity index (χ2n) is 21.4. The summed E-state index contributed by atoms with van der Waals surface area (Å²) in [6.07, 6.45) is 5.66. The van der Waals surface area contributed by atoms with Gasteiger partial charge in [0.2, 0.25) is 0 Å². The van der Waals surface area contributed by atoms with Crippen molar-refractivity contribution in [3.63, 3.8) is 0 Å². The molecule has 3 heterocycles. The van der Waals surface area contributed by atoms with E-state index >= 15 is 0 Å². The quantitative estimate of drug-likeness (QED) is 0.170. The number of benzene rings is 3. The predicted molar refractivity (Wildman–Crippen MR) is 234 cm³/mol. The Kier molecular flexibility index (Phi) is 12.4. The number of likely N-dealkylation sites (tertiary alicyclic amines) is 3. The SMILES string of the molecule is CC1(C)CC(O[Si](C)(OC2CC(C)(C)N(Cc3ccccc3)C(C)(C)C2)OC2CC(C)(C)N(Cc3ccccc3)C(C)(C)C2)CC(C)(C)N1Cc1ccccc1. The third kappa shape index (κ3) is 10.1. The van der Waals surface area contributed by atoms with Gasteiger partial charge in [0.05, 0.1) is 18.3 Å². The maximum atomic E-state index is 7.51. The largest absolute Gasteiger partial charge is 0.498 e. The Hall–Kier alpha value is -2.36. The topological polar surface area (TPSA) is 37.4 Å². The van der Waals surface area contributed by atoms with Crippen LogP contribution in [0.3, 0.4) is 0 Å². The first-order valence-electron chi connectivity index (χ1n) is 21.5. The molecule has 3 saturated heterocycles. The maximum absolute atomic E-state index is 7.51. The van der Waals surface area contributed by atoms with E-state index in [1.807, 2.05) is 0 Å². The Morgan fingerprint density at radius 2 is 0.589 bits per heavy atom. The van der Waals surface area contributed by atoms with Crippen molar-refractivity contribution in [1.82, 2.24) is 14.7 Å². The molecule has 0 atom stereocenters.